The number of benzene rings is 1. The molecule has 1 N–H and O–H groups in total. The number of aromatic carboxylic acids is 1. The summed E-state index contributed by atoms with van der Waals surface area (Å²) >= 11 is 0. The lowest BCUT2D eigenvalue weighted by Gasteiger charge is -2.29. The van der Waals surface area contributed by atoms with Crippen LogP contribution in [-0.2, 0) is 0 Å². The molecular weight excluding hydrogens is 268 g/mol. The molecule has 0 radical (unpaired) electrons. The normalized spacial score (nSPS) is 11.0. The number of carbonyl (C=O) groups is 1. The van der Waals surface area contributed by atoms with Crippen LogP contribution in [0.5, 0.6) is 5.75 Å². The highest BCUT2D eigenvalue weighted by atomic mass is 16.5. The Hall–Kier alpha value is -1.75. The molecule has 5 nitrogen and oxygen atoms in total. The number of carboxylic acid groups (broad SMARTS) is 1. The molecule has 0 spiro atoms. The first-order valence-corrected chi connectivity index (χ1v) is 7.16. The van der Waals surface area contributed by atoms with Gasteiger partial charge in [-0.25, -0.2) is 4.79 Å². The molecule has 0 atom stereocenters. The van der Waals surface area contributed by atoms with Gasteiger partial charge in [-0.3, -0.25) is 0 Å². The third kappa shape index (κ3) is 5.27. The van der Waals surface area contributed by atoms with Crippen molar-refractivity contribution in [2.45, 2.75) is 13.8 Å². The second kappa shape index (κ2) is 7.88. The van der Waals surface area contributed by atoms with E-state index >= 15 is 0 Å². The molecule has 0 bridgehead atoms. The van der Waals surface area contributed by atoms with Crippen molar-refractivity contribution in [2.24, 2.45) is 5.92 Å². The third-order valence-corrected chi connectivity index (χ3v) is 3.18. The fourth-order valence-corrected chi connectivity index (χ4v) is 2.15. The summed E-state index contributed by atoms with van der Waals surface area (Å²) < 4.78 is 5.24. The highest BCUT2D eigenvalue weighted by molar-refractivity contribution is 5.94. The number of anilines is 1. The van der Waals surface area contributed by atoms with Crippen LogP contribution in [0.25, 0.3) is 0 Å². The van der Waals surface area contributed by atoms with Crippen molar-refractivity contribution in [3.63, 3.8) is 0 Å². The molecule has 0 amide bonds. The first-order valence-electron chi connectivity index (χ1n) is 7.16. The Morgan fingerprint density at radius 1 is 1.29 bits per heavy atom. The Balaban J connectivity index is 3.16. The Morgan fingerprint density at radius 2 is 1.95 bits per heavy atom. The molecule has 0 aliphatic rings. The molecule has 0 fully saturated rings. The van der Waals surface area contributed by atoms with E-state index in [0.29, 0.717) is 17.2 Å². The van der Waals surface area contributed by atoms with Gasteiger partial charge in [-0.1, -0.05) is 13.8 Å². The number of nitrogens with zero attached hydrogens (tertiary/aromatic N) is 2. The van der Waals surface area contributed by atoms with Gasteiger partial charge in [0.1, 0.15) is 5.75 Å². The summed E-state index contributed by atoms with van der Waals surface area (Å²) in [5.74, 6) is 0.208. The highest BCUT2D eigenvalue weighted by Crippen LogP contribution is 2.27. The van der Waals surface area contributed by atoms with Gasteiger partial charge in [0.25, 0.3) is 0 Å². The van der Waals surface area contributed by atoms with E-state index in [0.717, 1.165) is 25.3 Å². The van der Waals surface area contributed by atoms with Crippen LogP contribution in [0.1, 0.15) is 24.2 Å². The molecule has 0 unspecified atom stereocenters. The van der Waals surface area contributed by atoms with E-state index < -0.39 is 5.97 Å². The van der Waals surface area contributed by atoms with Crippen molar-refractivity contribution >= 4 is 11.7 Å². The molecule has 0 saturated heterocycles. The zero-order valence-electron chi connectivity index (χ0n) is 13.6. The Bertz CT molecular complexity index is 473. The Labute approximate surface area is 127 Å². The summed E-state index contributed by atoms with van der Waals surface area (Å²) in [7, 11) is 5.61. The van der Waals surface area contributed by atoms with Gasteiger partial charge in [-0.15, -0.1) is 0 Å². The van der Waals surface area contributed by atoms with Crippen LogP contribution in [0, 0.1) is 5.92 Å². The van der Waals surface area contributed by atoms with Crippen molar-refractivity contribution < 1.29 is 14.6 Å². The van der Waals surface area contributed by atoms with Crippen molar-refractivity contribution in [3.05, 3.63) is 23.8 Å². The molecule has 1 rings (SSSR count). The summed E-state index contributed by atoms with van der Waals surface area (Å²) in [6, 6.07) is 5.10. The molecule has 0 aliphatic carbocycles. The molecule has 118 valence electrons. The number of carboxylic acids is 1. The Kier molecular flexibility index (Phi) is 6.49. The summed E-state index contributed by atoms with van der Waals surface area (Å²) in [6.45, 7) is 6.70. The van der Waals surface area contributed by atoms with E-state index in [1.807, 2.05) is 20.2 Å². The van der Waals surface area contributed by atoms with Gasteiger partial charge in [0.05, 0.1) is 18.4 Å². The number of methoxy groups -OCH3 is 1. The summed E-state index contributed by atoms with van der Waals surface area (Å²) in [5, 5.41) is 9.41. The largest absolute Gasteiger partial charge is 0.497 e. The predicted molar refractivity (Wildman–Crippen MR) is 85.6 cm³/mol. The van der Waals surface area contributed by atoms with Gasteiger partial charge in [0.15, 0.2) is 0 Å². The molecule has 5 heteroatoms. The van der Waals surface area contributed by atoms with Crippen molar-refractivity contribution in [2.75, 3.05) is 45.7 Å². The van der Waals surface area contributed by atoms with Crippen LogP contribution in [-0.4, -0.2) is 56.8 Å². The van der Waals surface area contributed by atoms with E-state index in [4.69, 9.17) is 4.74 Å². The van der Waals surface area contributed by atoms with E-state index in [1.54, 1.807) is 19.2 Å². The number of ether oxygens (including phenoxy) is 1. The SMILES string of the molecule is COc1ccc(C(=O)O)c(N(CCN(C)C)CC(C)C)c1. The van der Waals surface area contributed by atoms with Crippen LogP contribution in [0.2, 0.25) is 0 Å². The first kappa shape index (κ1) is 17.3. The lowest BCUT2D eigenvalue weighted by Crippen LogP contribution is -2.35. The van der Waals surface area contributed by atoms with Gasteiger partial charge in [0, 0.05) is 25.7 Å². The van der Waals surface area contributed by atoms with Crippen molar-refractivity contribution in [1.29, 1.82) is 0 Å². The minimum Gasteiger partial charge on any atom is -0.497 e. The number of hydrogen-bond donors (Lipinski definition) is 1. The topological polar surface area (TPSA) is 53.0 Å². The monoisotopic (exact) mass is 294 g/mol. The fourth-order valence-electron chi connectivity index (χ4n) is 2.15. The highest BCUT2D eigenvalue weighted by Gasteiger charge is 2.18. The molecule has 21 heavy (non-hydrogen) atoms. The molecule has 1 aromatic carbocycles. The molecule has 0 aromatic heterocycles. The Morgan fingerprint density at radius 3 is 2.43 bits per heavy atom. The third-order valence-electron chi connectivity index (χ3n) is 3.18. The molecule has 1 aromatic rings. The fraction of sp³-hybridized carbons (Fsp3) is 0.562. The van der Waals surface area contributed by atoms with Gasteiger partial charge in [0.2, 0.25) is 0 Å². The van der Waals surface area contributed by atoms with Crippen LogP contribution in [0.3, 0.4) is 0 Å². The lowest BCUT2D eigenvalue weighted by molar-refractivity contribution is 0.0697. The number of likely N-dealkylation sites (N-methyl/N-ethyl adjacent to an activating group) is 1. The summed E-state index contributed by atoms with van der Waals surface area (Å²) in [4.78, 5) is 15.7. The zero-order chi connectivity index (χ0) is 16.0. The van der Waals surface area contributed by atoms with Gasteiger partial charge in [-0.2, -0.15) is 0 Å². The van der Waals surface area contributed by atoms with E-state index in [1.165, 1.54) is 0 Å². The summed E-state index contributed by atoms with van der Waals surface area (Å²) in [6.07, 6.45) is 0. The number of rotatable bonds is 8. The minimum absolute atomic E-state index is 0.315. The molecule has 0 aliphatic heterocycles. The molecule has 0 saturated carbocycles. The second-order valence-electron chi connectivity index (χ2n) is 5.83. The maximum absolute atomic E-state index is 11.5. The van der Waals surface area contributed by atoms with E-state index in [2.05, 4.69) is 23.6 Å². The van der Waals surface area contributed by atoms with Crippen LogP contribution in [0.4, 0.5) is 5.69 Å². The smallest absolute Gasteiger partial charge is 0.337 e. The van der Waals surface area contributed by atoms with Crippen molar-refractivity contribution in [1.82, 2.24) is 4.90 Å². The summed E-state index contributed by atoms with van der Waals surface area (Å²) in [5.41, 5.74) is 1.03. The first-order chi connectivity index (χ1) is 9.85. The van der Waals surface area contributed by atoms with Crippen molar-refractivity contribution in [3.8, 4) is 5.75 Å². The maximum Gasteiger partial charge on any atom is 0.337 e. The minimum atomic E-state index is -0.911. The second-order valence-corrected chi connectivity index (χ2v) is 5.83. The van der Waals surface area contributed by atoms with E-state index in [-0.39, 0.29) is 0 Å². The number of hydrogen-bond acceptors (Lipinski definition) is 4. The van der Waals surface area contributed by atoms with Crippen LogP contribution in [0.15, 0.2) is 18.2 Å². The quantitative estimate of drug-likeness (QED) is 0.798. The van der Waals surface area contributed by atoms with Gasteiger partial charge in [-0.05, 0) is 32.1 Å². The zero-order valence-corrected chi connectivity index (χ0v) is 13.6. The van der Waals surface area contributed by atoms with Gasteiger partial charge < -0.3 is 19.6 Å². The average Bonchev–Trinajstić information content (AvgIpc) is 2.42. The van der Waals surface area contributed by atoms with Crippen LogP contribution < -0.4 is 9.64 Å². The average molecular weight is 294 g/mol. The molecule has 0 heterocycles. The lowest BCUT2D eigenvalue weighted by atomic mass is 10.1. The van der Waals surface area contributed by atoms with Crippen LogP contribution >= 0.6 is 0 Å². The predicted octanol–water partition coefficient (Wildman–Crippen LogP) is 2.42. The van der Waals surface area contributed by atoms with Gasteiger partial charge >= 0.3 is 5.97 Å². The molecular formula is C16H26N2O3. The van der Waals surface area contributed by atoms with E-state index in [9.17, 15) is 9.90 Å². The maximum atomic E-state index is 11.5. The standard InChI is InChI=1S/C16H26N2O3/c1-12(2)11-18(9-8-17(3)4)15-10-13(21-5)6-7-14(15)16(19)20/h6-7,10,12H,8-9,11H2,1-5H3,(H,19,20).